The quantitative estimate of drug-likeness (QED) is 0.303. The Morgan fingerprint density at radius 1 is 1.15 bits per heavy atom. The fourth-order valence-corrected chi connectivity index (χ4v) is 2.37. The van der Waals surface area contributed by atoms with Crippen LogP contribution in [0, 0.1) is 5.92 Å². The van der Waals surface area contributed by atoms with Crippen LogP contribution in [0.5, 0.6) is 0 Å². The fourth-order valence-electron chi connectivity index (χ4n) is 1.67. The van der Waals surface area contributed by atoms with Gasteiger partial charge in [-0.3, -0.25) is 9.05 Å². The van der Waals surface area contributed by atoms with Crippen LogP contribution >= 0.6 is 15.6 Å². The van der Waals surface area contributed by atoms with E-state index in [9.17, 15) is 19.3 Å². The van der Waals surface area contributed by atoms with Gasteiger partial charge in [0.2, 0.25) is 0 Å². The normalized spacial score (nSPS) is 35.5. The molecule has 0 saturated carbocycles. The van der Waals surface area contributed by atoms with Crippen LogP contribution in [0.15, 0.2) is 0 Å². The second-order valence-electron chi connectivity index (χ2n) is 4.33. The van der Waals surface area contributed by atoms with Gasteiger partial charge in [0, 0.05) is 5.92 Å². The molecule has 1 aliphatic rings. The molecule has 1 rings (SSSR count). The third-order valence-corrected chi connectivity index (χ3v) is 3.76. The molecule has 120 valence electrons. The highest BCUT2D eigenvalue weighted by atomic mass is 31.2. The lowest BCUT2D eigenvalue weighted by molar-refractivity contribution is -0.229. The highest BCUT2D eigenvalue weighted by molar-refractivity contribution is 7.46. The van der Waals surface area contributed by atoms with Crippen molar-refractivity contribution >= 4 is 15.6 Å². The summed E-state index contributed by atoms with van der Waals surface area (Å²) in [5.74, 6) is -3.25. The Kier molecular flexibility index (Phi) is 5.51. The number of hydrogen-bond donors (Lipinski definition) is 6. The third kappa shape index (κ3) is 5.14. The minimum atomic E-state index is -4.85. The van der Waals surface area contributed by atoms with E-state index in [1.807, 2.05) is 0 Å². The monoisotopic (exact) mass is 338 g/mol. The Labute approximate surface area is 113 Å². The summed E-state index contributed by atoms with van der Waals surface area (Å²) in [4.78, 5) is 34.2. The fraction of sp³-hybridized carbons (Fsp3) is 1.00. The number of phosphoric acid groups is 2. The number of aliphatic hydroxyl groups is 2. The molecule has 0 bridgehead atoms. The zero-order chi connectivity index (χ0) is 15.8. The van der Waals surface area contributed by atoms with E-state index in [4.69, 9.17) is 24.3 Å². The maximum Gasteiger partial charge on any atom is 0.469 e. The van der Waals surface area contributed by atoms with E-state index in [-0.39, 0.29) is 0 Å². The minimum Gasteiger partial charge on any atom is -0.390 e. The molecule has 4 unspecified atom stereocenters. The average molecular weight is 338 g/mol. The van der Waals surface area contributed by atoms with Gasteiger partial charge < -0.3 is 34.5 Å². The van der Waals surface area contributed by atoms with Crippen LogP contribution in [-0.2, 0) is 22.9 Å². The lowest BCUT2D eigenvalue weighted by Crippen LogP contribution is -2.40. The summed E-state index contributed by atoms with van der Waals surface area (Å²) >= 11 is 0. The molecule has 1 heterocycles. The maximum absolute atomic E-state index is 10.6. The molecule has 20 heavy (non-hydrogen) atoms. The SMILES string of the molecule is CC1C(O)C(COP(=O)(O)O)OC1(O)COP(=O)(O)O. The Morgan fingerprint density at radius 3 is 2.10 bits per heavy atom. The Bertz CT molecular complexity index is 428. The summed E-state index contributed by atoms with van der Waals surface area (Å²) in [6.45, 7) is -0.332. The van der Waals surface area contributed by atoms with Crippen LogP contribution in [0.2, 0.25) is 0 Å². The van der Waals surface area contributed by atoms with Crippen molar-refractivity contribution in [3.8, 4) is 0 Å². The molecule has 1 aliphatic heterocycles. The molecule has 4 atom stereocenters. The number of hydrogen-bond acceptors (Lipinski definition) is 7. The highest BCUT2D eigenvalue weighted by Crippen LogP contribution is 2.43. The molecule has 0 aliphatic carbocycles. The van der Waals surface area contributed by atoms with Gasteiger partial charge in [0.25, 0.3) is 0 Å². The minimum absolute atomic E-state index is 0.714. The van der Waals surface area contributed by atoms with Crippen LogP contribution in [0.4, 0.5) is 0 Å². The lowest BCUT2D eigenvalue weighted by atomic mass is 9.96. The molecule has 1 saturated heterocycles. The highest BCUT2D eigenvalue weighted by Gasteiger charge is 2.52. The van der Waals surface area contributed by atoms with Crippen molar-refractivity contribution in [2.24, 2.45) is 5.92 Å². The van der Waals surface area contributed by atoms with Gasteiger partial charge in [0.05, 0.1) is 12.7 Å². The lowest BCUT2D eigenvalue weighted by Gasteiger charge is -2.26. The first-order valence-electron chi connectivity index (χ1n) is 5.32. The van der Waals surface area contributed by atoms with E-state index < -0.39 is 52.8 Å². The molecule has 13 heteroatoms. The van der Waals surface area contributed by atoms with Gasteiger partial charge in [0.1, 0.15) is 12.7 Å². The molecule has 0 aromatic carbocycles. The van der Waals surface area contributed by atoms with E-state index >= 15 is 0 Å². The van der Waals surface area contributed by atoms with E-state index in [1.54, 1.807) is 0 Å². The summed E-state index contributed by atoms with van der Waals surface area (Å²) in [5.41, 5.74) is 0. The van der Waals surface area contributed by atoms with Gasteiger partial charge in [0.15, 0.2) is 5.79 Å². The Balaban J connectivity index is 2.67. The first-order valence-corrected chi connectivity index (χ1v) is 8.38. The zero-order valence-electron chi connectivity index (χ0n) is 10.3. The smallest absolute Gasteiger partial charge is 0.390 e. The van der Waals surface area contributed by atoms with Crippen molar-refractivity contribution in [1.82, 2.24) is 0 Å². The van der Waals surface area contributed by atoms with Gasteiger partial charge >= 0.3 is 15.6 Å². The zero-order valence-corrected chi connectivity index (χ0v) is 12.1. The van der Waals surface area contributed by atoms with E-state index in [0.29, 0.717) is 0 Å². The molecule has 0 aromatic heterocycles. The predicted molar refractivity (Wildman–Crippen MR) is 61.0 cm³/mol. The predicted octanol–water partition coefficient (Wildman–Crippen LogP) is -1.71. The molecule has 0 aromatic rings. The third-order valence-electron chi connectivity index (χ3n) is 2.81. The van der Waals surface area contributed by atoms with Gasteiger partial charge in [-0.05, 0) is 0 Å². The number of phosphoric ester groups is 2. The topological polar surface area (TPSA) is 183 Å². The van der Waals surface area contributed by atoms with Crippen LogP contribution < -0.4 is 0 Å². The molecular weight excluding hydrogens is 322 g/mol. The van der Waals surface area contributed by atoms with E-state index in [2.05, 4.69) is 9.05 Å². The molecule has 0 radical (unpaired) electrons. The van der Waals surface area contributed by atoms with Crippen molar-refractivity contribution in [1.29, 1.82) is 0 Å². The molecule has 0 spiro atoms. The van der Waals surface area contributed by atoms with E-state index in [0.717, 1.165) is 0 Å². The maximum atomic E-state index is 10.6. The largest absolute Gasteiger partial charge is 0.469 e. The van der Waals surface area contributed by atoms with E-state index in [1.165, 1.54) is 6.92 Å². The van der Waals surface area contributed by atoms with Crippen molar-refractivity contribution in [2.45, 2.75) is 24.9 Å². The standard InChI is InChI=1S/C7H16O11P2/c1-4-6(8)5(2-16-19(10,11)12)18-7(4,9)3-17-20(13,14)15/h4-6,8-9H,2-3H2,1H3,(H2,10,11,12)(H2,13,14,15). The summed E-state index contributed by atoms with van der Waals surface area (Å²) in [6, 6.07) is 0. The first kappa shape index (κ1) is 18.1. The Morgan fingerprint density at radius 2 is 1.65 bits per heavy atom. The van der Waals surface area contributed by atoms with Crippen LogP contribution in [-0.4, -0.2) is 61.0 Å². The molecule has 1 fully saturated rings. The van der Waals surface area contributed by atoms with Gasteiger partial charge in [-0.25, -0.2) is 9.13 Å². The second kappa shape index (κ2) is 6.07. The molecule has 6 N–H and O–H groups in total. The first-order chi connectivity index (χ1) is 8.84. The van der Waals surface area contributed by atoms with Gasteiger partial charge in [-0.1, -0.05) is 6.92 Å². The van der Waals surface area contributed by atoms with Crippen molar-refractivity contribution < 1.29 is 52.7 Å². The Hall–Kier alpha value is 0.1000. The average Bonchev–Trinajstić information content (AvgIpc) is 2.48. The van der Waals surface area contributed by atoms with Gasteiger partial charge in [-0.15, -0.1) is 0 Å². The van der Waals surface area contributed by atoms with Crippen molar-refractivity contribution in [3.63, 3.8) is 0 Å². The van der Waals surface area contributed by atoms with Crippen molar-refractivity contribution in [2.75, 3.05) is 13.2 Å². The van der Waals surface area contributed by atoms with Crippen LogP contribution in [0.1, 0.15) is 6.92 Å². The molecular formula is C7H16O11P2. The van der Waals surface area contributed by atoms with Crippen LogP contribution in [0.3, 0.4) is 0 Å². The summed E-state index contributed by atoms with van der Waals surface area (Å²) in [6.07, 6.45) is -2.66. The second-order valence-corrected chi connectivity index (χ2v) is 6.81. The number of aliphatic hydroxyl groups excluding tert-OH is 1. The summed E-state index contributed by atoms with van der Waals surface area (Å²) in [7, 11) is -9.62. The van der Waals surface area contributed by atoms with Crippen molar-refractivity contribution in [3.05, 3.63) is 0 Å². The summed E-state index contributed by atoms with van der Waals surface area (Å²) < 4.78 is 34.3. The molecule has 11 nitrogen and oxygen atoms in total. The molecule has 0 amide bonds. The van der Waals surface area contributed by atoms with Gasteiger partial charge in [-0.2, -0.15) is 0 Å². The van der Waals surface area contributed by atoms with Crippen LogP contribution in [0.25, 0.3) is 0 Å². The number of ether oxygens (including phenoxy) is 1. The number of rotatable bonds is 6. The summed E-state index contributed by atoms with van der Waals surface area (Å²) in [5, 5.41) is 19.7.